The van der Waals surface area contributed by atoms with Crippen molar-refractivity contribution in [3.05, 3.63) is 29.8 Å². The van der Waals surface area contributed by atoms with E-state index in [2.05, 4.69) is 19.2 Å². The first kappa shape index (κ1) is 15.2. The molecular weight excluding hydrogens is 280 g/mol. The Kier molecular flexibility index (Phi) is 4.25. The van der Waals surface area contributed by atoms with Gasteiger partial charge >= 0.3 is 6.03 Å². The number of para-hydroxylation sites is 1. The van der Waals surface area contributed by atoms with Crippen LogP contribution in [-0.4, -0.2) is 42.8 Å². The van der Waals surface area contributed by atoms with Crippen LogP contribution in [0.3, 0.4) is 0 Å². The molecule has 0 spiro atoms. The number of amides is 2. The molecular formula is C17H24N2O3. The maximum absolute atomic E-state index is 12.6. The van der Waals surface area contributed by atoms with Crippen molar-refractivity contribution in [2.45, 2.75) is 38.3 Å². The number of nitrogens with one attached hydrogen (secondary N) is 1. The van der Waals surface area contributed by atoms with E-state index in [-0.39, 0.29) is 17.7 Å². The predicted octanol–water partition coefficient (Wildman–Crippen LogP) is 2.72. The molecule has 0 radical (unpaired) electrons. The molecule has 1 N–H and O–H groups in total. The molecule has 2 aliphatic heterocycles. The zero-order chi connectivity index (χ0) is 15.6. The van der Waals surface area contributed by atoms with Crippen LogP contribution in [-0.2, 0) is 4.74 Å². The van der Waals surface area contributed by atoms with E-state index in [1.165, 1.54) is 0 Å². The van der Waals surface area contributed by atoms with Gasteiger partial charge in [-0.1, -0.05) is 25.1 Å². The lowest BCUT2D eigenvalue weighted by Gasteiger charge is -2.40. The van der Waals surface area contributed by atoms with Crippen LogP contribution >= 0.6 is 0 Å². The third kappa shape index (κ3) is 3.04. The number of hydrogen-bond donors (Lipinski definition) is 1. The number of carbonyl (C=O) groups is 1. The SMILES string of the molecule is CC[C@@]1(C)CN(C(=O)N[C@H]2CCOc3ccccc32)CCO1. The van der Waals surface area contributed by atoms with Crippen molar-refractivity contribution in [1.82, 2.24) is 10.2 Å². The van der Waals surface area contributed by atoms with Gasteiger partial charge in [-0.3, -0.25) is 0 Å². The normalized spacial score (nSPS) is 27.7. The predicted molar refractivity (Wildman–Crippen MR) is 84.0 cm³/mol. The summed E-state index contributed by atoms with van der Waals surface area (Å²) >= 11 is 0. The Labute approximate surface area is 131 Å². The van der Waals surface area contributed by atoms with Gasteiger partial charge in [-0.05, 0) is 19.4 Å². The van der Waals surface area contributed by atoms with Crippen LogP contribution in [0.1, 0.15) is 38.3 Å². The molecule has 5 heteroatoms. The molecule has 0 aromatic heterocycles. The van der Waals surface area contributed by atoms with Crippen molar-refractivity contribution in [3.63, 3.8) is 0 Å². The van der Waals surface area contributed by atoms with Crippen LogP contribution in [0.25, 0.3) is 0 Å². The number of carbonyl (C=O) groups excluding carboxylic acids is 1. The van der Waals surface area contributed by atoms with Crippen LogP contribution in [0.2, 0.25) is 0 Å². The third-order valence-electron chi connectivity index (χ3n) is 4.63. The molecule has 0 saturated carbocycles. The second-order valence-corrected chi connectivity index (χ2v) is 6.25. The highest BCUT2D eigenvalue weighted by Crippen LogP contribution is 2.31. The smallest absolute Gasteiger partial charge is 0.318 e. The summed E-state index contributed by atoms with van der Waals surface area (Å²) in [7, 11) is 0. The second-order valence-electron chi connectivity index (χ2n) is 6.25. The third-order valence-corrected chi connectivity index (χ3v) is 4.63. The molecule has 22 heavy (non-hydrogen) atoms. The van der Waals surface area contributed by atoms with Gasteiger partial charge in [-0.15, -0.1) is 0 Å². The minimum absolute atomic E-state index is 0.00956. The maximum Gasteiger partial charge on any atom is 0.318 e. The summed E-state index contributed by atoms with van der Waals surface area (Å²) in [6, 6.07) is 7.93. The van der Waals surface area contributed by atoms with E-state index in [1.807, 2.05) is 29.2 Å². The largest absolute Gasteiger partial charge is 0.493 e. The number of ether oxygens (including phenoxy) is 2. The van der Waals surface area contributed by atoms with Gasteiger partial charge in [0, 0.05) is 18.5 Å². The molecule has 2 aliphatic rings. The molecule has 2 atom stereocenters. The molecule has 0 bridgehead atoms. The minimum Gasteiger partial charge on any atom is -0.493 e. The first-order chi connectivity index (χ1) is 10.6. The lowest BCUT2D eigenvalue weighted by Crippen LogP contribution is -2.55. The molecule has 2 heterocycles. The Hall–Kier alpha value is -1.75. The number of nitrogens with zero attached hydrogens (tertiary/aromatic N) is 1. The van der Waals surface area contributed by atoms with Crippen molar-refractivity contribution < 1.29 is 14.3 Å². The molecule has 1 aromatic rings. The molecule has 2 amide bonds. The fourth-order valence-corrected chi connectivity index (χ4v) is 3.05. The van der Waals surface area contributed by atoms with Crippen LogP contribution < -0.4 is 10.1 Å². The van der Waals surface area contributed by atoms with E-state index in [9.17, 15) is 4.79 Å². The van der Waals surface area contributed by atoms with E-state index in [1.54, 1.807) is 0 Å². The van der Waals surface area contributed by atoms with Crippen LogP contribution in [0.15, 0.2) is 24.3 Å². The van der Waals surface area contributed by atoms with Gasteiger partial charge in [-0.2, -0.15) is 0 Å². The van der Waals surface area contributed by atoms with E-state index < -0.39 is 0 Å². The summed E-state index contributed by atoms with van der Waals surface area (Å²) < 4.78 is 11.4. The molecule has 5 nitrogen and oxygen atoms in total. The lowest BCUT2D eigenvalue weighted by molar-refractivity contribution is -0.0875. The quantitative estimate of drug-likeness (QED) is 0.914. The van der Waals surface area contributed by atoms with E-state index >= 15 is 0 Å². The number of benzene rings is 1. The highest BCUT2D eigenvalue weighted by Gasteiger charge is 2.33. The standard InChI is InChI=1S/C17H24N2O3/c1-3-17(2)12-19(9-11-22-17)16(20)18-14-8-10-21-15-7-5-4-6-13(14)15/h4-7,14H,3,8-12H2,1-2H3,(H,18,20)/t14-,17-/m0/s1. The van der Waals surface area contributed by atoms with Crippen molar-refractivity contribution >= 4 is 6.03 Å². The molecule has 0 unspecified atom stereocenters. The Morgan fingerprint density at radius 2 is 2.23 bits per heavy atom. The van der Waals surface area contributed by atoms with Gasteiger partial charge in [0.25, 0.3) is 0 Å². The Morgan fingerprint density at radius 3 is 3.05 bits per heavy atom. The van der Waals surface area contributed by atoms with Crippen LogP contribution in [0.4, 0.5) is 4.79 Å². The number of hydrogen-bond acceptors (Lipinski definition) is 3. The fourth-order valence-electron chi connectivity index (χ4n) is 3.05. The summed E-state index contributed by atoms with van der Waals surface area (Å²) in [5.41, 5.74) is 0.831. The zero-order valence-electron chi connectivity index (χ0n) is 13.3. The van der Waals surface area contributed by atoms with Crippen LogP contribution in [0, 0.1) is 0 Å². The van der Waals surface area contributed by atoms with Gasteiger partial charge in [-0.25, -0.2) is 4.79 Å². The van der Waals surface area contributed by atoms with Crippen molar-refractivity contribution in [3.8, 4) is 5.75 Å². The molecule has 1 saturated heterocycles. The number of morpholine rings is 1. The van der Waals surface area contributed by atoms with Crippen LogP contribution in [0.5, 0.6) is 5.75 Å². The fraction of sp³-hybridized carbons (Fsp3) is 0.588. The zero-order valence-corrected chi connectivity index (χ0v) is 13.3. The van der Waals surface area contributed by atoms with Gasteiger partial charge in [0.15, 0.2) is 0 Å². The van der Waals surface area contributed by atoms with E-state index in [0.29, 0.717) is 26.3 Å². The van der Waals surface area contributed by atoms with Gasteiger partial charge in [0.1, 0.15) is 5.75 Å². The topological polar surface area (TPSA) is 50.8 Å². The van der Waals surface area contributed by atoms with Gasteiger partial charge < -0.3 is 19.7 Å². The monoisotopic (exact) mass is 304 g/mol. The van der Waals surface area contributed by atoms with E-state index in [4.69, 9.17) is 9.47 Å². The molecule has 0 aliphatic carbocycles. The average Bonchev–Trinajstić information content (AvgIpc) is 2.55. The van der Waals surface area contributed by atoms with Crippen molar-refractivity contribution in [1.29, 1.82) is 0 Å². The van der Waals surface area contributed by atoms with Gasteiger partial charge in [0.05, 0.1) is 31.4 Å². The highest BCUT2D eigenvalue weighted by atomic mass is 16.5. The summed E-state index contributed by atoms with van der Waals surface area (Å²) in [6.07, 6.45) is 1.70. The molecule has 1 aromatic carbocycles. The number of fused-ring (bicyclic) bond motifs is 1. The van der Waals surface area contributed by atoms with Crippen molar-refractivity contribution in [2.75, 3.05) is 26.3 Å². The maximum atomic E-state index is 12.6. The summed E-state index contributed by atoms with van der Waals surface area (Å²) in [5, 5.41) is 3.16. The first-order valence-electron chi connectivity index (χ1n) is 8.02. The number of rotatable bonds is 2. The molecule has 3 rings (SSSR count). The summed E-state index contributed by atoms with van der Waals surface area (Å²) in [4.78, 5) is 14.5. The summed E-state index contributed by atoms with van der Waals surface area (Å²) in [5.74, 6) is 0.874. The Morgan fingerprint density at radius 1 is 1.41 bits per heavy atom. The Balaban J connectivity index is 1.68. The van der Waals surface area contributed by atoms with Crippen molar-refractivity contribution in [2.24, 2.45) is 0 Å². The number of urea groups is 1. The minimum atomic E-state index is -0.233. The average molecular weight is 304 g/mol. The highest BCUT2D eigenvalue weighted by molar-refractivity contribution is 5.75. The molecule has 1 fully saturated rings. The lowest BCUT2D eigenvalue weighted by atomic mass is 10.00. The Bertz CT molecular complexity index is 548. The second kappa shape index (κ2) is 6.16. The molecule has 120 valence electrons. The first-order valence-corrected chi connectivity index (χ1v) is 8.02. The summed E-state index contributed by atoms with van der Waals surface area (Å²) in [6.45, 7) is 6.68. The van der Waals surface area contributed by atoms with E-state index in [0.717, 1.165) is 24.2 Å². The van der Waals surface area contributed by atoms with Gasteiger partial charge in [0.2, 0.25) is 0 Å².